The van der Waals surface area contributed by atoms with E-state index in [1.54, 1.807) is 11.9 Å². The largest absolute Gasteiger partial charge is 0.368 e. The highest BCUT2D eigenvalue weighted by molar-refractivity contribution is 5.88. The van der Waals surface area contributed by atoms with E-state index in [0.717, 1.165) is 30.0 Å². The summed E-state index contributed by atoms with van der Waals surface area (Å²) in [7, 11) is 1.61. The van der Waals surface area contributed by atoms with Gasteiger partial charge in [0.1, 0.15) is 6.04 Å². The molecule has 0 aliphatic carbocycles. The number of nitrogen functional groups attached to an aromatic ring is 1. The van der Waals surface area contributed by atoms with E-state index in [0.29, 0.717) is 25.9 Å². The van der Waals surface area contributed by atoms with Crippen LogP contribution < -0.4 is 11.1 Å². The Hall–Kier alpha value is -3.00. The minimum atomic E-state index is -0.496. The first-order valence-electron chi connectivity index (χ1n) is 10.3. The molecule has 3 N–H and O–H groups in total. The normalized spacial score (nSPS) is 17.0. The number of carbonyl (C=O) groups excluding carboxylic acids is 2. The number of aryl methyl sites for hydroxylation is 2. The van der Waals surface area contributed by atoms with Crippen molar-refractivity contribution in [1.82, 2.24) is 25.1 Å². The van der Waals surface area contributed by atoms with Crippen molar-refractivity contribution in [3.05, 3.63) is 52.8 Å². The predicted molar refractivity (Wildman–Crippen MR) is 116 cm³/mol. The zero-order valence-corrected chi connectivity index (χ0v) is 17.9. The van der Waals surface area contributed by atoms with Crippen LogP contribution in [0, 0.1) is 13.8 Å². The average molecular weight is 411 g/mol. The van der Waals surface area contributed by atoms with Crippen molar-refractivity contribution in [1.29, 1.82) is 0 Å². The monoisotopic (exact) mass is 410 g/mol. The fourth-order valence-corrected chi connectivity index (χ4v) is 4.02. The fourth-order valence-electron chi connectivity index (χ4n) is 4.02. The maximum atomic E-state index is 13.0. The molecule has 2 heterocycles. The summed E-state index contributed by atoms with van der Waals surface area (Å²) in [6.07, 6.45) is 0.836. The SMILES string of the molecule is CNC(=O)C1CN(Cc2ccccc2)CCN1C(=O)CCc1c(C)nc(N)nc1C. The van der Waals surface area contributed by atoms with Gasteiger partial charge >= 0.3 is 0 Å². The summed E-state index contributed by atoms with van der Waals surface area (Å²) >= 11 is 0. The predicted octanol–water partition coefficient (Wildman–Crippen LogP) is 1.07. The van der Waals surface area contributed by atoms with Crippen molar-refractivity contribution in [3.63, 3.8) is 0 Å². The Morgan fingerprint density at radius 1 is 1.13 bits per heavy atom. The third-order valence-electron chi connectivity index (χ3n) is 5.61. The molecule has 0 saturated carbocycles. The second-order valence-corrected chi connectivity index (χ2v) is 7.67. The third-order valence-corrected chi connectivity index (χ3v) is 5.61. The van der Waals surface area contributed by atoms with Crippen molar-refractivity contribution >= 4 is 17.8 Å². The van der Waals surface area contributed by atoms with Crippen LogP contribution in [0.1, 0.15) is 28.9 Å². The van der Waals surface area contributed by atoms with E-state index in [4.69, 9.17) is 5.73 Å². The molecular formula is C22H30N6O2. The number of anilines is 1. The number of aromatic nitrogens is 2. The van der Waals surface area contributed by atoms with Crippen LogP contribution in [0.5, 0.6) is 0 Å². The van der Waals surface area contributed by atoms with Gasteiger partial charge in [-0.1, -0.05) is 30.3 Å². The number of amides is 2. The highest BCUT2D eigenvalue weighted by Gasteiger charge is 2.34. The molecule has 1 atom stereocenters. The molecule has 0 bridgehead atoms. The molecule has 0 radical (unpaired) electrons. The van der Waals surface area contributed by atoms with Crippen molar-refractivity contribution in [3.8, 4) is 0 Å². The van der Waals surface area contributed by atoms with Crippen LogP contribution in [-0.2, 0) is 22.6 Å². The molecule has 8 nitrogen and oxygen atoms in total. The Balaban J connectivity index is 1.66. The smallest absolute Gasteiger partial charge is 0.243 e. The van der Waals surface area contributed by atoms with Gasteiger partial charge < -0.3 is 16.0 Å². The summed E-state index contributed by atoms with van der Waals surface area (Å²) in [6.45, 7) is 6.29. The van der Waals surface area contributed by atoms with E-state index in [-0.39, 0.29) is 17.8 Å². The van der Waals surface area contributed by atoms with Gasteiger partial charge in [-0.25, -0.2) is 9.97 Å². The van der Waals surface area contributed by atoms with Crippen LogP contribution in [0.25, 0.3) is 0 Å². The van der Waals surface area contributed by atoms with Crippen LogP contribution in [0.4, 0.5) is 5.95 Å². The number of nitrogens with two attached hydrogens (primary N) is 1. The zero-order chi connectivity index (χ0) is 21.7. The number of rotatable bonds is 6. The Morgan fingerprint density at radius 3 is 2.43 bits per heavy atom. The van der Waals surface area contributed by atoms with Crippen LogP contribution >= 0.6 is 0 Å². The lowest BCUT2D eigenvalue weighted by Crippen LogP contribution is -2.60. The molecule has 1 aromatic heterocycles. The van der Waals surface area contributed by atoms with E-state index in [9.17, 15) is 9.59 Å². The molecule has 1 aliphatic heterocycles. The zero-order valence-electron chi connectivity index (χ0n) is 17.9. The maximum Gasteiger partial charge on any atom is 0.243 e. The van der Waals surface area contributed by atoms with E-state index in [1.807, 2.05) is 32.0 Å². The Labute approximate surface area is 177 Å². The highest BCUT2D eigenvalue weighted by atomic mass is 16.2. The molecular weight excluding hydrogens is 380 g/mol. The van der Waals surface area contributed by atoms with Crippen LogP contribution in [0.3, 0.4) is 0 Å². The summed E-state index contributed by atoms with van der Waals surface area (Å²) in [5.41, 5.74) is 9.42. The maximum absolute atomic E-state index is 13.0. The molecule has 1 unspecified atom stereocenters. The third kappa shape index (κ3) is 5.13. The van der Waals surface area contributed by atoms with Gasteiger partial charge in [0.25, 0.3) is 0 Å². The van der Waals surface area contributed by atoms with Gasteiger partial charge in [-0.2, -0.15) is 0 Å². The van der Waals surface area contributed by atoms with E-state index in [2.05, 4.69) is 32.3 Å². The summed E-state index contributed by atoms with van der Waals surface area (Å²) < 4.78 is 0. The first kappa shape index (κ1) is 21.7. The lowest BCUT2D eigenvalue weighted by molar-refractivity contribution is -0.144. The molecule has 3 rings (SSSR count). The molecule has 1 saturated heterocycles. The second kappa shape index (κ2) is 9.67. The van der Waals surface area contributed by atoms with Gasteiger partial charge in [0.2, 0.25) is 17.8 Å². The first-order valence-corrected chi connectivity index (χ1v) is 10.3. The summed E-state index contributed by atoms with van der Waals surface area (Å²) in [6, 6.07) is 9.66. The Morgan fingerprint density at radius 2 is 1.80 bits per heavy atom. The number of hydrogen-bond acceptors (Lipinski definition) is 6. The number of piperazine rings is 1. The number of benzene rings is 1. The van der Waals surface area contributed by atoms with Crippen LogP contribution in [-0.4, -0.2) is 64.3 Å². The minimum absolute atomic E-state index is 0.0291. The first-order chi connectivity index (χ1) is 14.4. The van der Waals surface area contributed by atoms with Gasteiger partial charge in [0, 0.05) is 51.0 Å². The van der Waals surface area contributed by atoms with Crippen LogP contribution in [0.2, 0.25) is 0 Å². The molecule has 0 spiro atoms. The summed E-state index contributed by atoms with van der Waals surface area (Å²) in [5, 5.41) is 2.71. The van der Waals surface area contributed by atoms with Gasteiger partial charge in [0.05, 0.1) is 0 Å². The van der Waals surface area contributed by atoms with E-state index < -0.39 is 6.04 Å². The average Bonchev–Trinajstić information content (AvgIpc) is 2.73. The van der Waals surface area contributed by atoms with Crippen molar-refractivity contribution < 1.29 is 9.59 Å². The molecule has 2 amide bonds. The van der Waals surface area contributed by atoms with Crippen molar-refractivity contribution in [2.24, 2.45) is 0 Å². The number of likely N-dealkylation sites (N-methyl/N-ethyl adjacent to an activating group) is 1. The molecule has 2 aromatic rings. The molecule has 8 heteroatoms. The van der Waals surface area contributed by atoms with Gasteiger partial charge in [-0.05, 0) is 31.4 Å². The minimum Gasteiger partial charge on any atom is -0.368 e. The molecule has 1 aliphatic rings. The fraction of sp³-hybridized carbons (Fsp3) is 0.455. The van der Waals surface area contributed by atoms with Crippen molar-refractivity contribution in [2.45, 2.75) is 39.3 Å². The topological polar surface area (TPSA) is 104 Å². The van der Waals surface area contributed by atoms with E-state index >= 15 is 0 Å². The lowest BCUT2D eigenvalue weighted by Gasteiger charge is -2.40. The Kier molecular flexibility index (Phi) is 6.99. The summed E-state index contributed by atoms with van der Waals surface area (Å²) in [5.74, 6) is 0.0807. The van der Waals surface area contributed by atoms with Gasteiger partial charge in [0.15, 0.2) is 0 Å². The lowest BCUT2D eigenvalue weighted by atomic mass is 10.0. The van der Waals surface area contributed by atoms with Crippen LogP contribution in [0.15, 0.2) is 30.3 Å². The van der Waals surface area contributed by atoms with Gasteiger partial charge in [-0.3, -0.25) is 14.5 Å². The Bertz CT molecular complexity index is 879. The number of nitrogens with zero attached hydrogens (tertiary/aromatic N) is 4. The molecule has 160 valence electrons. The summed E-state index contributed by atoms with van der Waals surface area (Å²) in [4.78, 5) is 37.9. The quantitative estimate of drug-likeness (QED) is 0.738. The molecule has 1 fully saturated rings. The standard InChI is InChI=1S/C22H30N6O2/c1-15-18(16(2)26-22(23)25-15)9-10-20(29)28-12-11-27(14-19(28)21(30)24-3)13-17-7-5-4-6-8-17/h4-8,19H,9-14H2,1-3H3,(H,24,30)(H2,23,25,26). The molecule has 1 aromatic carbocycles. The number of nitrogens with one attached hydrogen (secondary N) is 1. The van der Waals surface area contributed by atoms with E-state index in [1.165, 1.54) is 5.56 Å². The highest BCUT2D eigenvalue weighted by Crippen LogP contribution is 2.18. The molecule has 30 heavy (non-hydrogen) atoms. The van der Waals surface area contributed by atoms with Crippen molar-refractivity contribution in [2.75, 3.05) is 32.4 Å². The second-order valence-electron chi connectivity index (χ2n) is 7.67. The number of hydrogen-bond donors (Lipinski definition) is 2. The number of carbonyl (C=O) groups is 2. The van der Waals surface area contributed by atoms with Gasteiger partial charge in [-0.15, -0.1) is 0 Å².